The van der Waals surface area contributed by atoms with Gasteiger partial charge in [-0.3, -0.25) is 4.79 Å². The lowest BCUT2D eigenvalue weighted by atomic mass is 10.1. The molecule has 3 nitrogen and oxygen atoms in total. The Morgan fingerprint density at radius 2 is 1.83 bits per heavy atom. The van der Waals surface area contributed by atoms with E-state index < -0.39 is 29.7 Å². The highest BCUT2D eigenvalue weighted by Gasteiger charge is 2.20. The summed E-state index contributed by atoms with van der Waals surface area (Å²) in [5, 5.41) is 3.20. The van der Waals surface area contributed by atoms with Crippen LogP contribution in [0, 0.1) is 11.6 Å². The molecule has 0 saturated heterocycles. The molecule has 24 heavy (non-hydrogen) atoms. The van der Waals surface area contributed by atoms with Gasteiger partial charge in [0.05, 0.1) is 11.1 Å². The second-order valence-electron chi connectivity index (χ2n) is 5.22. The van der Waals surface area contributed by atoms with Crippen molar-refractivity contribution in [1.82, 2.24) is 5.32 Å². The normalized spacial score (nSPS) is 13.2. The first kappa shape index (κ1) is 18.5. The maximum Gasteiger partial charge on any atom is 0.261 e. The van der Waals surface area contributed by atoms with Gasteiger partial charge in [0.15, 0.2) is 17.7 Å². The van der Waals surface area contributed by atoms with Gasteiger partial charge in [-0.25, -0.2) is 8.78 Å². The molecule has 2 rings (SSSR count). The van der Waals surface area contributed by atoms with Crippen molar-refractivity contribution in [3.05, 3.63) is 63.6 Å². The molecule has 2 unspecified atom stereocenters. The molecule has 0 spiro atoms. The van der Waals surface area contributed by atoms with E-state index in [0.29, 0.717) is 10.6 Å². The number of halogens is 4. The summed E-state index contributed by atoms with van der Waals surface area (Å²) in [6.45, 7) is 3.20. The van der Waals surface area contributed by atoms with Crippen molar-refractivity contribution >= 4 is 29.1 Å². The predicted octanol–water partition coefficient (Wildman–Crippen LogP) is 4.92. The summed E-state index contributed by atoms with van der Waals surface area (Å²) in [5.74, 6) is -2.05. The molecule has 0 saturated carbocycles. The van der Waals surface area contributed by atoms with Crippen LogP contribution in [0.4, 0.5) is 8.78 Å². The Balaban J connectivity index is 2.02. The average Bonchev–Trinajstić information content (AvgIpc) is 2.54. The fourth-order valence-corrected chi connectivity index (χ4v) is 2.35. The molecule has 0 aliphatic rings. The first-order valence-electron chi connectivity index (χ1n) is 7.15. The van der Waals surface area contributed by atoms with Crippen LogP contribution in [0.25, 0.3) is 0 Å². The van der Waals surface area contributed by atoms with Crippen LogP contribution in [0.5, 0.6) is 5.75 Å². The molecule has 0 heterocycles. The van der Waals surface area contributed by atoms with Gasteiger partial charge in [0.1, 0.15) is 10.8 Å². The maximum atomic E-state index is 13.3. The molecule has 0 bridgehead atoms. The van der Waals surface area contributed by atoms with Crippen LogP contribution in [0.15, 0.2) is 36.4 Å². The van der Waals surface area contributed by atoms with E-state index in [1.54, 1.807) is 32.0 Å². The molecule has 0 fully saturated rings. The van der Waals surface area contributed by atoms with Crippen molar-refractivity contribution in [3.8, 4) is 5.75 Å². The summed E-state index contributed by atoms with van der Waals surface area (Å²) in [5.41, 5.74) is 0.440. The highest BCUT2D eigenvalue weighted by Crippen LogP contribution is 2.32. The molecule has 2 aromatic rings. The van der Waals surface area contributed by atoms with Crippen LogP contribution in [-0.4, -0.2) is 12.0 Å². The Hall–Kier alpha value is -1.85. The van der Waals surface area contributed by atoms with E-state index in [1.807, 2.05) is 0 Å². The number of benzene rings is 2. The van der Waals surface area contributed by atoms with E-state index in [4.69, 9.17) is 27.9 Å². The molecule has 1 amide bonds. The quantitative estimate of drug-likeness (QED) is 0.807. The number of rotatable bonds is 5. The zero-order valence-electron chi connectivity index (χ0n) is 12.9. The number of carbonyl (C=O) groups is 1. The van der Waals surface area contributed by atoms with Crippen molar-refractivity contribution in [1.29, 1.82) is 0 Å². The second-order valence-corrected chi connectivity index (χ2v) is 6.00. The second kappa shape index (κ2) is 7.81. The largest absolute Gasteiger partial charge is 0.479 e. The van der Waals surface area contributed by atoms with Crippen molar-refractivity contribution in [2.75, 3.05) is 0 Å². The van der Waals surface area contributed by atoms with E-state index in [1.165, 1.54) is 6.07 Å². The standard InChI is InChI=1S/C17H15Cl2F2NO2/c1-9(11-6-7-13(20)14(21)8-11)22-17(23)10(2)24-15-5-3-4-12(18)16(15)19/h3-10H,1-2H3,(H,22,23). The van der Waals surface area contributed by atoms with Crippen molar-refractivity contribution in [2.45, 2.75) is 26.0 Å². The van der Waals surface area contributed by atoms with Gasteiger partial charge in [-0.1, -0.05) is 35.3 Å². The Kier molecular flexibility index (Phi) is 6.02. The predicted molar refractivity (Wildman–Crippen MR) is 89.5 cm³/mol. The summed E-state index contributed by atoms with van der Waals surface area (Å²) in [6, 6.07) is 7.79. The summed E-state index contributed by atoms with van der Waals surface area (Å²) >= 11 is 11.9. The Morgan fingerprint density at radius 3 is 2.50 bits per heavy atom. The molecule has 2 atom stereocenters. The topological polar surface area (TPSA) is 38.3 Å². The highest BCUT2D eigenvalue weighted by molar-refractivity contribution is 6.42. The smallest absolute Gasteiger partial charge is 0.261 e. The van der Waals surface area contributed by atoms with Gasteiger partial charge in [0.25, 0.3) is 5.91 Å². The average molecular weight is 374 g/mol. The first-order chi connectivity index (χ1) is 11.3. The molecular weight excluding hydrogens is 359 g/mol. The van der Waals surface area contributed by atoms with Crippen LogP contribution in [-0.2, 0) is 4.79 Å². The molecule has 2 aromatic carbocycles. The van der Waals surface area contributed by atoms with Gasteiger partial charge in [-0.05, 0) is 43.7 Å². The highest BCUT2D eigenvalue weighted by atomic mass is 35.5. The zero-order valence-corrected chi connectivity index (χ0v) is 14.5. The maximum absolute atomic E-state index is 13.3. The minimum absolute atomic E-state index is 0.215. The number of amides is 1. The molecule has 1 N–H and O–H groups in total. The van der Waals surface area contributed by atoms with E-state index in [0.717, 1.165) is 12.1 Å². The molecule has 0 aliphatic heterocycles. The zero-order chi connectivity index (χ0) is 17.9. The Morgan fingerprint density at radius 1 is 1.12 bits per heavy atom. The lowest BCUT2D eigenvalue weighted by molar-refractivity contribution is -0.127. The summed E-state index contributed by atoms with van der Waals surface area (Å²) in [7, 11) is 0. The number of ether oxygens (including phenoxy) is 1. The van der Waals surface area contributed by atoms with Gasteiger partial charge >= 0.3 is 0 Å². The third-order valence-corrected chi connectivity index (χ3v) is 4.19. The summed E-state index contributed by atoms with van der Waals surface area (Å²) < 4.78 is 31.7. The minimum atomic E-state index is -0.969. The molecule has 0 aromatic heterocycles. The monoisotopic (exact) mass is 373 g/mol. The Labute approximate surface area is 148 Å². The lowest BCUT2D eigenvalue weighted by Gasteiger charge is -2.19. The van der Waals surface area contributed by atoms with Crippen LogP contribution in [0.2, 0.25) is 10.0 Å². The molecular formula is C17H15Cl2F2NO2. The fraction of sp³-hybridized carbons (Fsp3) is 0.235. The van der Waals surface area contributed by atoms with Gasteiger partial charge in [-0.15, -0.1) is 0 Å². The van der Waals surface area contributed by atoms with E-state index in [-0.39, 0.29) is 10.8 Å². The van der Waals surface area contributed by atoms with Crippen molar-refractivity contribution < 1.29 is 18.3 Å². The third kappa shape index (κ3) is 4.36. The lowest BCUT2D eigenvalue weighted by Crippen LogP contribution is -2.37. The molecule has 0 radical (unpaired) electrons. The number of nitrogens with one attached hydrogen (secondary N) is 1. The van der Waals surface area contributed by atoms with Crippen LogP contribution < -0.4 is 10.1 Å². The van der Waals surface area contributed by atoms with Crippen LogP contribution >= 0.6 is 23.2 Å². The van der Waals surface area contributed by atoms with Gasteiger partial charge in [0, 0.05) is 0 Å². The van der Waals surface area contributed by atoms with Crippen LogP contribution in [0.3, 0.4) is 0 Å². The van der Waals surface area contributed by atoms with Gasteiger partial charge in [-0.2, -0.15) is 0 Å². The summed E-state index contributed by atoms with van der Waals surface area (Å²) in [6.07, 6.45) is -0.853. The SMILES string of the molecule is CC(Oc1cccc(Cl)c1Cl)C(=O)NC(C)c1ccc(F)c(F)c1. The van der Waals surface area contributed by atoms with Gasteiger partial charge in [0.2, 0.25) is 0 Å². The van der Waals surface area contributed by atoms with Crippen molar-refractivity contribution in [3.63, 3.8) is 0 Å². The molecule has 7 heteroatoms. The van der Waals surface area contributed by atoms with E-state index in [9.17, 15) is 13.6 Å². The van der Waals surface area contributed by atoms with E-state index >= 15 is 0 Å². The summed E-state index contributed by atoms with van der Waals surface area (Å²) in [4.78, 5) is 12.2. The Bertz CT molecular complexity index is 755. The minimum Gasteiger partial charge on any atom is -0.479 e. The fourth-order valence-electron chi connectivity index (χ4n) is 2.01. The number of hydrogen-bond donors (Lipinski definition) is 1. The van der Waals surface area contributed by atoms with Gasteiger partial charge < -0.3 is 10.1 Å². The number of hydrogen-bond acceptors (Lipinski definition) is 2. The number of carbonyl (C=O) groups excluding carboxylic acids is 1. The molecule has 128 valence electrons. The van der Waals surface area contributed by atoms with Crippen molar-refractivity contribution in [2.24, 2.45) is 0 Å². The third-order valence-electron chi connectivity index (χ3n) is 3.39. The van der Waals surface area contributed by atoms with E-state index in [2.05, 4.69) is 5.32 Å². The molecule has 0 aliphatic carbocycles. The first-order valence-corrected chi connectivity index (χ1v) is 7.91. The van der Waals surface area contributed by atoms with Crippen LogP contribution in [0.1, 0.15) is 25.5 Å².